The van der Waals surface area contributed by atoms with Crippen molar-refractivity contribution in [1.29, 1.82) is 0 Å². The topological polar surface area (TPSA) is 168 Å². The quantitative estimate of drug-likeness (QED) is 0.0869. The van der Waals surface area contributed by atoms with Gasteiger partial charge in [0.05, 0.1) is 42.9 Å². The number of hydrogen-bond acceptors (Lipinski definition) is 11. The Morgan fingerprint density at radius 2 is 1.78 bits per heavy atom. The number of rotatable bonds is 13. The van der Waals surface area contributed by atoms with Gasteiger partial charge in [0.2, 0.25) is 11.8 Å². The van der Waals surface area contributed by atoms with Gasteiger partial charge < -0.3 is 20.1 Å². The highest BCUT2D eigenvalue weighted by molar-refractivity contribution is 7.99. The summed E-state index contributed by atoms with van der Waals surface area (Å²) in [6.07, 6.45) is 3.76. The van der Waals surface area contributed by atoms with Crippen molar-refractivity contribution < 1.29 is 28.8 Å². The lowest BCUT2D eigenvalue weighted by Crippen LogP contribution is -2.26. The van der Waals surface area contributed by atoms with Gasteiger partial charge in [-0.25, -0.2) is 4.79 Å². The van der Waals surface area contributed by atoms with Crippen LogP contribution in [0.2, 0.25) is 0 Å². The number of hydrogen-bond donors (Lipinski definition) is 2. The van der Waals surface area contributed by atoms with Gasteiger partial charge in [0.15, 0.2) is 11.0 Å². The van der Waals surface area contributed by atoms with E-state index in [4.69, 9.17) is 9.47 Å². The van der Waals surface area contributed by atoms with Crippen molar-refractivity contribution in [3.63, 3.8) is 0 Å². The van der Waals surface area contributed by atoms with E-state index in [1.54, 1.807) is 55.0 Å². The summed E-state index contributed by atoms with van der Waals surface area (Å²) in [7, 11) is 1.57. The van der Waals surface area contributed by atoms with Gasteiger partial charge >= 0.3 is 5.97 Å². The average Bonchev–Trinajstić information content (AvgIpc) is 3.64. The van der Waals surface area contributed by atoms with Gasteiger partial charge in [-0.2, -0.15) is 0 Å². The Morgan fingerprint density at radius 3 is 2.48 bits per heavy atom. The van der Waals surface area contributed by atoms with E-state index in [-0.39, 0.29) is 42.8 Å². The number of nitrogens with one attached hydrogen (secondary N) is 2. The fourth-order valence-corrected chi connectivity index (χ4v) is 7.09. The third kappa shape index (κ3) is 7.72. The first kappa shape index (κ1) is 32.6. The highest BCUT2D eigenvalue weighted by Crippen LogP contribution is 2.39. The smallest absolute Gasteiger partial charge is 0.341 e. The number of carbonyl (C=O) groups excluding carboxylic acids is 3. The van der Waals surface area contributed by atoms with Gasteiger partial charge in [-0.1, -0.05) is 23.9 Å². The summed E-state index contributed by atoms with van der Waals surface area (Å²) >= 11 is 2.52. The molecule has 0 atom stereocenters. The van der Waals surface area contributed by atoms with Crippen LogP contribution in [0.25, 0.3) is 5.69 Å². The maximum Gasteiger partial charge on any atom is 0.341 e. The number of fused-ring (bicyclic) bond motifs is 1. The molecule has 1 aliphatic carbocycles. The Labute approximate surface area is 272 Å². The van der Waals surface area contributed by atoms with Gasteiger partial charge in [0, 0.05) is 22.7 Å². The summed E-state index contributed by atoms with van der Waals surface area (Å²) in [5, 5.41) is 26.3. The number of nitrogens with zero attached hydrogens (tertiary/aromatic N) is 4. The number of methoxy groups -OCH3 is 1. The number of non-ortho nitro benzene ring substituents is 1. The summed E-state index contributed by atoms with van der Waals surface area (Å²) < 4.78 is 12.1. The van der Waals surface area contributed by atoms with Crippen LogP contribution in [-0.2, 0) is 40.1 Å². The monoisotopic (exact) mass is 664 g/mol. The molecule has 0 radical (unpaired) electrons. The second kappa shape index (κ2) is 15.0. The number of ether oxygens (including phenoxy) is 2. The minimum Gasteiger partial charge on any atom is -0.497 e. The van der Waals surface area contributed by atoms with Crippen molar-refractivity contribution >= 4 is 51.6 Å². The summed E-state index contributed by atoms with van der Waals surface area (Å²) in [6, 6.07) is 13.0. The molecule has 240 valence electrons. The molecular formula is C31H32N6O7S2. The molecule has 15 heteroatoms. The van der Waals surface area contributed by atoms with Crippen molar-refractivity contribution in [1.82, 2.24) is 20.1 Å². The molecular weight excluding hydrogens is 633 g/mol. The zero-order chi connectivity index (χ0) is 32.6. The molecule has 2 N–H and O–H groups in total. The Kier molecular flexibility index (Phi) is 10.6. The average molecular weight is 665 g/mol. The van der Waals surface area contributed by atoms with E-state index in [0.717, 1.165) is 53.4 Å². The Bertz CT molecular complexity index is 1740. The molecule has 0 fully saturated rings. The largest absolute Gasteiger partial charge is 0.497 e. The van der Waals surface area contributed by atoms with Crippen molar-refractivity contribution in [2.24, 2.45) is 0 Å². The van der Waals surface area contributed by atoms with Crippen molar-refractivity contribution in [2.45, 2.75) is 50.7 Å². The molecule has 13 nitrogen and oxygen atoms in total. The number of nitro benzene ring substituents is 1. The molecule has 2 amide bonds. The Balaban J connectivity index is 1.31. The van der Waals surface area contributed by atoms with E-state index in [9.17, 15) is 24.5 Å². The van der Waals surface area contributed by atoms with Gasteiger partial charge in [-0.15, -0.1) is 21.5 Å². The van der Waals surface area contributed by atoms with Crippen LogP contribution in [0.3, 0.4) is 0 Å². The predicted molar refractivity (Wildman–Crippen MR) is 173 cm³/mol. The highest BCUT2D eigenvalue weighted by atomic mass is 32.2. The molecule has 0 bridgehead atoms. The minimum atomic E-state index is -0.497. The van der Waals surface area contributed by atoms with Crippen LogP contribution in [0.4, 0.5) is 10.7 Å². The number of aromatic nitrogens is 3. The number of benzene rings is 2. The van der Waals surface area contributed by atoms with Crippen LogP contribution in [0.1, 0.15) is 52.0 Å². The lowest BCUT2D eigenvalue weighted by Gasteiger charge is -2.12. The Hall–Kier alpha value is -4.76. The standard InChI is InChI=1S/C31H32N6O7S2/c1-3-44-30(40)28-23-6-4-5-7-24(23)46-29(28)33-27(39)18-45-31-35-34-25(36(31)20-10-12-21(13-11-20)37(41)42)17-32-26(38)16-19-8-14-22(43-2)15-9-19/h8-15H,3-7,16-18H2,1-2H3,(H,32,38)(H,33,39). The number of thioether (sulfide) groups is 1. The first-order valence-corrected chi connectivity index (χ1v) is 16.4. The molecule has 46 heavy (non-hydrogen) atoms. The van der Waals surface area contributed by atoms with E-state index in [1.807, 2.05) is 0 Å². The summed E-state index contributed by atoms with van der Waals surface area (Å²) in [4.78, 5) is 50.5. The molecule has 2 aromatic heterocycles. The summed E-state index contributed by atoms with van der Waals surface area (Å²) in [5.74, 6) is -0.0284. The highest BCUT2D eigenvalue weighted by Gasteiger charge is 2.27. The van der Waals surface area contributed by atoms with E-state index < -0.39 is 10.9 Å². The van der Waals surface area contributed by atoms with Crippen LogP contribution in [0.15, 0.2) is 53.7 Å². The van der Waals surface area contributed by atoms with Crippen LogP contribution in [-0.4, -0.2) is 56.9 Å². The molecule has 5 rings (SSSR count). The van der Waals surface area contributed by atoms with Gasteiger partial charge in [0.1, 0.15) is 10.8 Å². The molecule has 0 saturated heterocycles. The SMILES string of the molecule is CCOC(=O)c1c(NC(=O)CSc2nnc(CNC(=O)Cc3ccc(OC)cc3)n2-c2ccc([N+](=O)[O-])cc2)sc2c1CCCC2. The van der Waals surface area contributed by atoms with E-state index in [1.165, 1.54) is 23.5 Å². The zero-order valence-corrected chi connectivity index (χ0v) is 26.9. The van der Waals surface area contributed by atoms with Crippen LogP contribution in [0.5, 0.6) is 5.75 Å². The van der Waals surface area contributed by atoms with Crippen molar-refractivity contribution in [3.8, 4) is 11.4 Å². The second-order valence-corrected chi connectivity index (χ2v) is 12.3. The minimum absolute atomic E-state index is 0.0232. The zero-order valence-electron chi connectivity index (χ0n) is 25.2. The number of aryl methyl sites for hydroxylation is 1. The van der Waals surface area contributed by atoms with E-state index in [0.29, 0.717) is 33.0 Å². The summed E-state index contributed by atoms with van der Waals surface area (Å²) in [6.45, 7) is 2.00. The van der Waals surface area contributed by atoms with E-state index >= 15 is 0 Å². The third-order valence-electron chi connectivity index (χ3n) is 7.22. The third-order valence-corrected chi connectivity index (χ3v) is 9.36. The fraction of sp³-hybridized carbons (Fsp3) is 0.323. The van der Waals surface area contributed by atoms with Crippen molar-refractivity contribution in [2.75, 3.05) is 24.8 Å². The maximum absolute atomic E-state index is 13.2. The molecule has 4 aromatic rings. The number of amides is 2. The Morgan fingerprint density at radius 1 is 1.04 bits per heavy atom. The molecule has 2 heterocycles. The molecule has 2 aromatic carbocycles. The van der Waals surface area contributed by atoms with Crippen LogP contribution < -0.4 is 15.4 Å². The summed E-state index contributed by atoms with van der Waals surface area (Å²) in [5.41, 5.74) is 2.62. The van der Waals surface area contributed by atoms with E-state index in [2.05, 4.69) is 20.8 Å². The molecule has 0 aliphatic heterocycles. The van der Waals surface area contributed by atoms with Gasteiger partial charge in [-0.3, -0.25) is 24.3 Å². The molecule has 0 unspecified atom stereocenters. The number of esters is 1. The number of nitro groups is 1. The molecule has 1 aliphatic rings. The normalized spacial score (nSPS) is 12.2. The lowest BCUT2D eigenvalue weighted by atomic mass is 9.95. The number of thiophene rings is 1. The predicted octanol–water partition coefficient (Wildman–Crippen LogP) is 4.89. The fourth-order valence-electron chi connectivity index (χ4n) is 5.03. The lowest BCUT2D eigenvalue weighted by molar-refractivity contribution is -0.384. The van der Waals surface area contributed by atoms with Crippen LogP contribution >= 0.6 is 23.1 Å². The number of carbonyl (C=O) groups is 3. The van der Waals surface area contributed by atoms with Gasteiger partial charge in [0.25, 0.3) is 5.69 Å². The van der Waals surface area contributed by atoms with Crippen molar-refractivity contribution in [3.05, 3.63) is 86.0 Å². The first-order chi connectivity index (χ1) is 22.3. The molecule has 0 spiro atoms. The first-order valence-electron chi connectivity index (χ1n) is 14.6. The second-order valence-electron chi connectivity index (χ2n) is 10.3. The van der Waals surface area contributed by atoms with Gasteiger partial charge in [-0.05, 0) is 68.0 Å². The van der Waals surface area contributed by atoms with Crippen LogP contribution in [0, 0.1) is 10.1 Å². The maximum atomic E-state index is 13.2. The number of anilines is 1. The molecule has 0 saturated carbocycles.